The van der Waals surface area contributed by atoms with Crippen molar-refractivity contribution in [2.45, 2.75) is 13.5 Å². The number of hydrogen-bond acceptors (Lipinski definition) is 3. The molecule has 1 heterocycles. The van der Waals surface area contributed by atoms with Gasteiger partial charge >= 0.3 is 0 Å². The van der Waals surface area contributed by atoms with Crippen molar-refractivity contribution >= 4 is 36.2 Å². The minimum absolute atomic E-state index is 0. The van der Waals surface area contributed by atoms with Gasteiger partial charge in [-0.25, -0.2) is 4.98 Å². The molecule has 0 aliphatic rings. The molecule has 0 atom stereocenters. The Morgan fingerprint density at radius 2 is 2.18 bits per heavy atom. The van der Waals surface area contributed by atoms with Gasteiger partial charge in [0.05, 0.1) is 0 Å². The molecule has 1 rings (SSSR count). The molecule has 0 fully saturated rings. The van der Waals surface area contributed by atoms with Gasteiger partial charge in [0.2, 0.25) is 0 Å². The first-order valence-corrected chi connectivity index (χ1v) is 3.70. The standard InChI is InChI=1S/C6H10N2S.2ClH/c1-5-3-8-6(9-5)4-7-2;;/h3,7H,4H2,1-2H3;2*1H. The van der Waals surface area contributed by atoms with Crippen LogP contribution in [0.1, 0.15) is 9.88 Å². The second-order valence-corrected chi connectivity index (χ2v) is 3.21. The number of halogens is 2. The topological polar surface area (TPSA) is 24.9 Å². The summed E-state index contributed by atoms with van der Waals surface area (Å²) in [4.78, 5) is 5.44. The maximum Gasteiger partial charge on any atom is 0.107 e. The van der Waals surface area contributed by atoms with Crippen LogP contribution in [0.5, 0.6) is 0 Å². The molecule has 11 heavy (non-hydrogen) atoms. The third-order valence-corrected chi connectivity index (χ3v) is 1.91. The fourth-order valence-electron chi connectivity index (χ4n) is 0.634. The predicted molar refractivity (Wildman–Crippen MR) is 54.1 cm³/mol. The Bertz CT molecular complexity index is 190. The molecule has 2 nitrogen and oxygen atoms in total. The van der Waals surface area contributed by atoms with Crippen molar-refractivity contribution in [3.8, 4) is 0 Å². The molecule has 0 saturated carbocycles. The molecule has 0 aliphatic carbocycles. The molecular weight excluding hydrogens is 203 g/mol. The molecule has 0 saturated heterocycles. The van der Waals surface area contributed by atoms with Crippen molar-refractivity contribution in [1.82, 2.24) is 10.3 Å². The van der Waals surface area contributed by atoms with Crippen molar-refractivity contribution in [2.24, 2.45) is 0 Å². The van der Waals surface area contributed by atoms with Gasteiger partial charge in [-0.05, 0) is 14.0 Å². The summed E-state index contributed by atoms with van der Waals surface area (Å²) in [7, 11) is 1.93. The third-order valence-electron chi connectivity index (χ3n) is 0.997. The third kappa shape index (κ3) is 4.58. The highest BCUT2D eigenvalue weighted by atomic mass is 35.5. The number of nitrogens with one attached hydrogen (secondary N) is 1. The number of thiazole rings is 1. The Morgan fingerprint density at radius 3 is 2.55 bits per heavy atom. The highest BCUT2D eigenvalue weighted by Crippen LogP contribution is 2.09. The highest BCUT2D eigenvalue weighted by Gasteiger charge is 1.93. The average molecular weight is 215 g/mol. The van der Waals surface area contributed by atoms with E-state index in [-0.39, 0.29) is 24.8 Å². The van der Waals surface area contributed by atoms with Crippen LogP contribution in [-0.4, -0.2) is 12.0 Å². The van der Waals surface area contributed by atoms with Crippen LogP contribution >= 0.6 is 36.2 Å². The zero-order valence-electron chi connectivity index (χ0n) is 6.46. The Labute approximate surface area is 83.2 Å². The largest absolute Gasteiger partial charge is 0.314 e. The second-order valence-electron chi connectivity index (χ2n) is 1.89. The maximum atomic E-state index is 4.16. The number of hydrogen-bond donors (Lipinski definition) is 1. The molecule has 0 unspecified atom stereocenters. The molecule has 0 bridgehead atoms. The Hall–Kier alpha value is 0.170. The van der Waals surface area contributed by atoms with E-state index in [9.17, 15) is 0 Å². The Morgan fingerprint density at radius 1 is 1.55 bits per heavy atom. The molecule has 5 heteroatoms. The van der Waals surface area contributed by atoms with E-state index < -0.39 is 0 Å². The van der Waals surface area contributed by atoms with Crippen LogP contribution in [0, 0.1) is 6.92 Å². The lowest BCUT2D eigenvalue weighted by atomic mass is 10.6. The van der Waals surface area contributed by atoms with Gasteiger partial charge in [-0.15, -0.1) is 36.2 Å². The summed E-state index contributed by atoms with van der Waals surface area (Å²) in [6, 6.07) is 0. The Kier molecular flexibility index (Phi) is 8.56. The first kappa shape index (κ1) is 13.7. The smallest absolute Gasteiger partial charge is 0.107 e. The van der Waals surface area contributed by atoms with Gasteiger partial charge in [0.15, 0.2) is 0 Å². The lowest BCUT2D eigenvalue weighted by molar-refractivity contribution is 0.810. The first-order valence-electron chi connectivity index (χ1n) is 2.89. The van der Waals surface area contributed by atoms with E-state index in [4.69, 9.17) is 0 Å². The molecular formula is C6H12Cl2N2S. The zero-order valence-corrected chi connectivity index (χ0v) is 8.91. The van der Waals surface area contributed by atoms with Crippen molar-refractivity contribution in [1.29, 1.82) is 0 Å². The van der Waals surface area contributed by atoms with E-state index in [0.29, 0.717) is 0 Å². The minimum atomic E-state index is 0. The van der Waals surface area contributed by atoms with Gasteiger partial charge < -0.3 is 5.32 Å². The summed E-state index contributed by atoms with van der Waals surface area (Å²) in [6.07, 6.45) is 1.90. The SMILES string of the molecule is CNCc1ncc(C)s1.Cl.Cl. The maximum absolute atomic E-state index is 4.16. The van der Waals surface area contributed by atoms with Crippen LogP contribution in [0.3, 0.4) is 0 Å². The van der Waals surface area contributed by atoms with Crippen LogP contribution in [0.25, 0.3) is 0 Å². The summed E-state index contributed by atoms with van der Waals surface area (Å²) in [6.45, 7) is 2.95. The van der Waals surface area contributed by atoms with Crippen molar-refractivity contribution in [2.75, 3.05) is 7.05 Å². The summed E-state index contributed by atoms with van der Waals surface area (Å²) in [5.41, 5.74) is 0. The van der Waals surface area contributed by atoms with Crippen molar-refractivity contribution < 1.29 is 0 Å². The van der Waals surface area contributed by atoms with Gasteiger partial charge in [-0.2, -0.15) is 0 Å². The van der Waals surface area contributed by atoms with Crippen LogP contribution in [0.2, 0.25) is 0 Å². The summed E-state index contributed by atoms with van der Waals surface area (Å²) in [5.74, 6) is 0. The van der Waals surface area contributed by atoms with Crippen molar-refractivity contribution in [3.63, 3.8) is 0 Å². The fraction of sp³-hybridized carbons (Fsp3) is 0.500. The van der Waals surface area contributed by atoms with Gasteiger partial charge in [-0.3, -0.25) is 0 Å². The average Bonchev–Trinajstić information content (AvgIpc) is 2.17. The molecule has 1 N–H and O–H groups in total. The van der Waals surface area contributed by atoms with Crippen LogP contribution < -0.4 is 5.32 Å². The Balaban J connectivity index is 0. The molecule has 1 aromatic heterocycles. The van der Waals surface area contributed by atoms with E-state index in [0.717, 1.165) is 11.6 Å². The minimum Gasteiger partial charge on any atom is -0.314 e. The molecule has 0 spiro atoms. The van der Waals surface area contributed by atoms with E-state index in [2.05, 4.69) is 17.2 Å². The predicted octanol–water partition coefficient (Wildman–Crippen LogP) is 2.01. The lowest BCUT2D eigenvalue weighted by Gasteiger charge is -1.88. The fourth-order valence-corrected chi connectivity index (χ4v) is 1.43. The number of aryl methyl sites for hydroxylation is 1. The summed E-state index contributed by atoms with van der Waals surface area (Å²) >= 11 is 1.74. The molecule has 0 radical (unpaired) electrons. The molecule has 1 aromatic rings. The molecule has 66 valence electrons. The van der Waals surface area contributed by atoms with Gasteiger partial charge in [0, 0.05) is 17.6 Å². The monoisotopic (exact) mass is 214 g/mol. The summed E-state index contributed by atoms with van der Waals surface area (Å²) < 4.78 is 0. The van der Waals surface area contributed by atoms with E-state index >= 15 is 0 Å². The van der Waals surface area contributed by atoms with Gasteiger partial charge in [0.1, 0.15) is 5.01 Å². The van der Waals surface area contributed by atoms with Crippen LogP contribution in [0.4, 0.5) is 0 Å². The molecule has 0 aliphatic heterocycles. The van der Waals surface area contributed by atoms with E-state index in [1.54, 1.807) is 11.3 Å². The van der Waals surface area contributed by atoms with Gasteiger partial charge in [-0.1, -0.05) is 0 Å². The van der Waals surface area contributed by atoms with Crippen molar-refractivity contribution in [3.05, 3.63) is 16.1 Å². The number of aromatic nitrogens is 1. The number of nitrogens with zero attached hydrogens (tertiary/aromatic N) is 1. The normalized spacial score (nSPS) is 8.18. The first-order chi connectivity index (χ1) is 4.33. The lowest BCUT2D eigenvalue weighted by Crippen LogP contribution is -2.03. The van der Waals surface area contributed by atoms with Crippen LogP contribution in [0.15, 0.2) is 6.20 Å². The quantitative estimate of drug-likeness (QED) is 0.816. The van der Waals surface area contributed by atoms with Gasteiger partial charge in [0.25, 0.3) is 0 Å². The number of rotatable bonds is 2. The van der Waals surface area contributed by atoms with E-state index in [1.165, 1.54) is 4.88 Å². The van der Waals surface area contributed by atoms with E-state index in [1.807, 2.05) is 13.2 Å². The summed E-state index contributed by atoms with van der Waals surface area (Å²) in [5, 5.41) is 4.21. The van der Waals surface area contributed by atoms with Crippen LogP contribution in [-0.2, 0) is 6.54 Å². The molecule has 0 aromatic carbocycles. The molecule has 0 amide bonds. The highest BCUT2D eigenvalue weighted by molar-refractivity contribution is 7.11. The zero-order chi connectivity index (χ0) is 6.69. The second kappa shape index (κ2) is 6.85.